The molecule has 0 saturated heterocycles. The second-order valence-corrected chi connectivity index (χ2v) is 6.91. The van der Waals surface area contributed by atoms with Crippen LogP contribution in [0.3, 0.4) is 0 Å². The zero-order valence-electron chi connectivity index (χ0n) is 19.0. The molecular weight excluding hydrogens is 525 g/mol. The van der Waals surface area contributed by atoms with E-state index in [2.05, 4.69) is 10.6 Å². The summed E-state index contributed by atoms with van der Waals surface area (Å²) >= 11 is 0. The molecule has 1 aliphatic heterocycles. The number of rotatable bonds is 8. The molecule has 8 nitrogen and oxygen atoms in total. The summed E-state index contributed by atoms with van der Waals surface area (Å²) in [6.45, 7) is 5.20. The van der Waals surface area contributed by atoms with Gasteiger partial charge in [-0.25, -0.2) is 4.99 Å². The van der Waals surface area contributed by atoms with Crippen LogP contribution < -0.4 is 34.3 Å². The van der Waals surface area contributed by atoms with Crippen molar-refractivity contribution in [2.75, 3.05) is 41.1 Å². The highest BCUT2D eigenvalue weighted by atomic mass is 127. The van der Waals surface area contributed by atoms with Gasteiger partial charge in [0.1, 0.15) is 0 Å². The van der Waals surface area contributed by atoms with Crippen LogP contribution in [0.4, 0.5) is 0 Å². The largest absolute Gasteiger partial charge is 0.493 e. The van der Waals surface area contributed by atoms with Crippen LogP contribution in [-0.2, 0) is 13.1 Å². The van der Waals surface area contributed by atoms with Crippen LogP contribution in [0.25, 0.3) is 0 Å². The van der Waals surface area contributed by atoms with Gasteiger partial charge in [-0.1, -0.05) is 6.07 Å². The lowest BCUT2D eigenvalue weighted by molar-refractivity contribution is 0.297. The van der Waals surface area contributed by atoms with E-state index in [9.17, 15) is 0 Å². The van der Waals surface area contributed by atoms with Crippen LogP contribution in [0.2, 0.25) is 0 Å². The fraction of sp³-hybridized carbons (Fsp3) is 0.435. The number of halogens is 1. The van der Waals surface area contributed by atoms with Crippen molar-refractivity contribution in [3.05, 3.63) is 41.5 Å². The van der Waals surface area contributed by atoms with E-state index in [1.54, 1.807) is 21.3 Å². The molecular formula is C23H32IN3O5. The normalized spacial score (nSPS) is 12.8. The first kappa shape index (κ1) is 25.7. The van der Waals surface area contributed by atoms with E-state index in [0.717, 1.165) is 35.6 Å². The minimum absolute atomic E-state index is 0. The van der Waals surface area contributed by atoms with Gasteiger partial charge in [0, 0.05) is 19.5 Å². The fourth-order valence-corrected chi connectivity index (χ4v) is 3.24. The summed E-state index contributed by atoms with van der Waals surface area (Å²) in [5, 5.41) is 6.64. The minimum atomic E-state index is 0. The van der Waals surface area contributed by atoms with Crippen LogP contribution in [0.5, 0.6) is 28.7 Å². The second kappa shape index (κ2) is 13.1. The van der Waals surface area contributed by atoms with E-state index in [1.807, 2.05) is 37.3 Å². The number of nitrogens with zero attached hydrogens (tertiary/aromatic N) is 1. The molecule has 0 radical (unpaired) electrons. The van der Waals surface area contributed by atoms with Crippen molar-refractivity contribution in [2.24, 2.45) is 4.99 Å². The highest BCUT2D eigenvalue weighted by molar-refractivity contribution is 14.0. The number of benzene rings is 2. The van der Waals surface area contributed by atoms with Gasteiger partial charge >= 0.3 is 0 Å². The Kier molecular flexibility index (Phi) is 10.5. The number of nitrogens with one attached hydrogen (secondary N) is 2. The molecule has 1 heterocycles. The molecule has 0 unspecified atom stereocenters. The number of fused-ring (bicyclic) bond motifs is 1. The van der Waals surface area contributed by atoms with Crippen molar-refractivity contribution in [3.63, 3.8) is 0 Å². The fourth-order valence-electron chi connectivity index (χ4n) is 3.24. The molecule has 0 aliphatic carbocycles. The maximum atomic E-state index is 5.78. The lowest BCUT2D eigenvalue weighted by atomic mass is 10.2. The average molecular weight is 557 g/mol. The quantitative estimate of drug-likeness (QED) is 0.291. The van der Waals surface area contributed by atoms with Gasteiger partial charge < -0.3 is 34.3 Å². The Bertz CT molecular complexity index is 882. The van der Waals surface area contributed by atoms with Crippen molar-refractivity contribution < 1.29 is 23.7 Å². The van der Waals surface area contributed by atoms with Gasteiger partial charge in [-0.15, -0.1) is 24.0 Å². The molecule has 0 aromatic heterocycles. The molecule has 2 aromatic carbocycles. The van der Waals surface area contributed by atoms with E-state index in [4.69, 9.17) is 28.7 Å². The summed E-state index contributed by atoms with van der Waals surface area (Å²) in [6, 6.07) is 9.80. The average Bonchev–Trinajstić information content (AvgIpc) is 3.05. The Morgan fingerprint density at radius 2 is 1.59 bits per heavy atom. The molecule has 1 aliphatic rings. The number of ether oxygens (including phenoxy) is 5. The second-order valence-electron chi connectivity index (χ2n) is 6.91. The molecule has 0 fully saturated rings. The zero-order valence-corrected chi connectivity index (χ0v) is 21.4. The van der Waals surface area contributed by atoms with Crippen molar-refractivity contribution >= 4 is 29.9 Å². The van der Waals surface area contributed by atoms with Gasteiger partial charge in [0.2, 0.25) is 5.75 Å². The van der Waals surface area contributed by atoms with Gasteiger partial charge in [-0.3, -0.25) is 0 Å². The summed E-state index contributed by atoms with van der Waals surface area (Å²) in [5.41, 5.74) is 2.03. The SMILES string of the molecule is CCNC(=NCc1cc(OC)c(OC)c(OC)c1)NCc1ccc2c(c1)OCCCO2.I. The Hall–Kier alpha value is -2.56. The third kappa shape index (κ3) is 6.72. The van der Waals surface area contributed by atoms with E-state index < -0.39 is 0 Å². The molecule has 0 atom stereocenters. The van der Waals surface area contributed by atoms with Crippen LogP contribution in [-0.4, -0.2) is 47.0 Å². The zero-order chi connectivity index (χ0) is 22.1. The molecule has 3 rings (SSSR count). The molecule has 2 N–H and O–H groups in total. The molecule has 0 amide bonds. The lowest BCUT2D eigenvalue weighted by Crippen LogP contribution is -2.36. The van der Waals surface area contributed by atoms with E-state index in [1.165, 1.54) is 0 Å². The summed E-state index contributed by atoms with van der Waals surface area (Å²) in [6.07, 6.45) is 0.889. The molecule has 0 bridgehead atoms. The van der Waals surface area contributed by atoms with E-state index in [0.29, 0.717) is 49.5 Å². The summed E-state index contributed by atoms with van der Waals surface area (Å²) in [7, 11) is 4.79. The summed E-state index contributed by atoms with van der Waals surface area (Å²) < 4.78 is 27.7. The highest BCUT2D eigenvalue weighted by Gasteiger charge is 2.13. The highest BCUT2D eigenvalue weighted by Crippen LogP contribution is 2.38. The summed E-state index contributed by atoms with van der Waals surface area (Å²) in [4.78, 5) is 4.69. The van der Waals surface area contributed by atoms with Crippen molar-refractivity contribution in [1.82, 2.24) is 10.6 Å². The standard InChI is InChI=1S/C23H31N3O5.HI/c1-5-24-23(25-14-16-7-8-18-19(11-16)31-10-6-9-30-18)26-15-17-12-20(27-2)22(29-4)21(13-17)28-3;/h7-8,11-13H,5-6,9-10,14-15H2,1-4H3,(H2,24,25,26);1H. The van der Waals surface area contributed by atoms with Crippen LogP contribution in [0, 0.1) is 0 Å². The van der Waals surface area contributed by atoms with E-state index in [-0.39, 0.29) is 24.0 Å². The first-order valence-electron chi connectivity index (χ1n) is 10.4. The Labute approximate surface area is 206 Å². The van der Waals surface area contributed by atoms with Crippen LogP contribution >= 0.6 is 24.0 Å². The number of methoxy groups -OCH3 is 3. The third-order valence-corrected chi connectivity index (χ3v) is 4.76. The Balaban J connectivity index is 0.00000363. The van der Waals surface area contributed by atoms with Gasteiger partial charge in [-0.05, 0) is 42.3 Å². The molecule has 9 heteroatoms. The molecule has 0 saturated carbocycles. The maximum Gasteiger partial charge on any atom is 0.203 e. The van der Waals surface area contributed by atoms with Gasteiger partial charge in [0.25, 0.3) is 0 Å². The van der Waals surface area contributed by atoms with Gasteiger partial charge in [-0.2, -0.15) is 0 Å². The number of hydrogen-bond donors (Lipinski definition) is 2. The molecule has 2 aromatic rings. The smallest absolute Gasteiger partial charge is 0.203 e. The van der Waals surface area contributed by atoms with Crippen LogP contribution in [0.15, 0.2) is 35.3 Å². The summed E-state index contributed by atoms with van der Waals surface area (Å²) in [5.74, 6) is 4.08. The van der Waals surface area contributed by atoms with E-state index >= 15 is 0 Å². The predicted molar refractivity (Wildman–Crippen MR) is 135 cm³/mol. The minimum Gasteiger partial charge on any atom is -0.493 e. The van der Waals surface area contributed by atoms with Crippen molar-refractivity contribution in [3.8, 4) is 28.7 Å². The van der Waals surface area contributed by atoms with Crippen LogP contribution in [0.1, 0.15) is 24.5 Å². The maximum absolute atomic E-state index is 5.78. The first-order chi connectivity index (χ1) is 15.2. The Morgan fingerprint density at radius 1 is 0.906 bits per heavy atom. The van der Waals surface area contributed by atoms with Crippen molar-refractivity contribution in [2.45, 2.75) is 26.4 Å². The van der Waals surface area contributed by atoms with Crippen molar-refractivity contribution in [1.29, 1.82) is 0 Å². The lowest BCUT2D eigenvalue weighted by Gasteiger charge is -2.15. The van der Waals surface area contributed by atoms with Gasteiger partial charge in [0.05, 0.1) is 41.1 Å². The number of guanidine groups is 1. The number of hydrogen-bond acceptors (Lipinski definition) is 6. The first-order valence-corrected chi connectivity index (χ1v) is 10.4. The monoisotopic (exact) mass is 557 g/mol. The predicted octanol–water partition coefficient (Wildman–Crippen LogP) is 3.75. The Morgan fingerprint density at radius 3 is 2.22 bits per heavy atom. The number of aliphatic imine (C=N–C) groups is 1. The molecule has 32 heavy (non-hydrogen) atoms. The topological polar surface area (TPSA) is 82.6 Å². The molecule has 0 spiro atoms. The molecule has 176 valence electrons. The third-order valence-electron chi connectivity index (χ3n) is 4.76. The van der Waals surface area contributed by atoms with Gasteiger partial charge in [0.15, 0.2) is 29.0 Å².